The maximum Gasteiger partial charge on any atom is 0.337 e. The van der Waals surface area contributed by atoms with E-state index in [-0.39, 0.29) is 23.6 Å². The van der Waals surface area contributed by atoms with Gasteiger partial charge >= 0.3 is 5.97 Å². The summed E-state index contributed by atoms with van der Waals surface area (Å²) >= 11 is 6.41. The first-order chi connectivity index (χ1) is 19.8. The second kappa shape index (κ2) is 12.1. The molecule has 7 nitrogen and oxygen atoms in total. The van der Waals surface area contributed by atoms with Gasteiger partial charge in [-0.15, -0.1) is 0 Å². The number of benzene rings is 2. The van der Waals surface area contributed by atoms with Crippen molar-refractivity contribution in [3.05, 3.63) is 58.1 Å². The van der Waals surface area contributed by atoms with Gasteiger partial charge in [0.1, 0.15) is 5.75 Å². The highest BCUT2D eigenvalue weighted by molar-refractivity contribution is 6.30. The second-order valence-corrected chi connectivity index (χ2v) is 13.0. The van der Waals surface area contributed by atoms with E-state index in [2.05, 4.69) is 17.0 Å². The lowest BCUT2D eigenvalue weighted by Gasteiger charge is -2.47. The van der Waals surface area contributed by atoms with Gasteiger partial charge in [0.15, 0.2) is 0 Å². The SMILES string of the molecule is COC(=O)c1ccc2c(c1)N(C[C@@H]1CC[C@H]1[C@H]1C[C@@H](OC[C@@H](C)O)CCO1)C[C@@]1(CCCc3cc(Cl)ccc31)CO2. The number of halogens is 1. The monoisotopic (exact) mass is 583 g/mol. The van der Waals surface area contributed by atoms with Crippen LogP contribution in [-0.2, 0) is 26.0 Å². The summed E-state index contributed by atoms with van der Waals surface area (Å²) in [5, 5.41) is 10.5. The highest BCUT2D eigenvalue weighted by atomic mass is 35.5. The van der Waals surface area contributed by atoms with E-state index in [1.165, 1.54) is 18.2 Å². The number of anilines is 1. The normalized spacial score (nSPS) is 29.9. The molecule has 0 amide bonds. The number of carbonyl (C=O) groups is 1. The fraction of sp³-hybridized carbons (Fsp3) is 0.606. The van der Waals surface area contributed by atoms with E-state index in [4.69, 9.17) is 30.5 Å². The number of aryl methyl sites for hydroxylation is 1. The fourth-order valence-electron chi connectivity index (χ4n) is 7.47. The Morgan fingerprint density at radius 3 is 2.88 bits per heavy atom. The Bertz CT molecular complexity index is 1250. The summed E-state index contributed by atoms with van der Waals surface area (Å²) in [6.45, 7) is 5.10. The molecule has 2 aromatic carbocycles. The summed E-state index contributed by atoms with van der Waals surface area (Å²) in [5.41, 5.74) is 3.97. The molecule has 2 fully saturated rings. The quantitative estimate of drug-likeness (QED) is 0.427. The average molecular weight is 584 g/mol. The van der Waals surface area contributed by atoms with Crippen molar-refractivity contribution in [2.75, 3.05) is 44.9 Å². The minimum absolute atomic E-state index is 0.133. The standard InChI is InChI=1S/C33H42ClNO6/c1-21(36)18-40-26-11-13-39-31(16-26)27-8-5-24(27)17-35-19-33(12-3-4-22-14-25(34)7-9-28(22)33)20-41-30-10-6-23(15-29(30)35)32(37)38-2/h6-7,9-10,14-15,21,24,26-27,31,36H,3-5,8,11-13,16-20H2,1-2H3/t21-,24+,26+,27-,31-,33+/m1/s1. The number of hydrogen-bond donors (Lipinski definition) is 1. The van der Waals surface area contributed by atoms with Gasteiger partial charge in [0.2, 0.25) is 0 Å². The van der Waals surface area contributed by atoms with Gasteiger partial charge < -0.3 is 29.0 Å². The van der Waals surface area contributed by atoms with E-state index < -0.39 is 6.10 Å². The predicted molar refractivity (Wildman–Crippen MR) is 158 cm³/mol. The zero-order chi connectivity index (χ0) is 28.6. The lowest BCUT2D eigenvalue weighted by molar-refractivity contribution is -0.124. The lowest BCUT2D eigenvalue weighted by Crippen LogP contribution is -2.51. The van der Waals surface area contributed by atoms with Crippen LogP contribution in [0.4, 0.5) is 5.69 Å². The van der Waals surface area contributed by atoms with E-state index in [1.54, 1.807) is 13.0 Å². The van der Waals surface area contributed by atoms with Crippen molar-refractivity contribution in [3.8, 4) is 5.75 Å². The molecule has 0 unspecified atom stereocenters. The van der Waals surface area contributed by atoms with Gasteiger partial charge in [0, 0.05) is 36.6 Å². The van der Waals surface area contributed by atoms with E-state index in [1.807, 2.05) is 18.2 Å². The largest absolute Gasteiger partial charge is 0.490 e. The maximum atomic E-state index is 12.5. The number of nitrogens with zero attached hydrogens (tertiary/aromatic N) is 1. The summed E-state index contributed by atoms with van der Waals surface area (Å²) in [4.78, 5) is 15.0. The van der Waals surface area contributed by atoms with Crippen LogP contribution >= 0.6 is 11.6 Å². The topological polar surface area (TPSA) is 77.5 Å². The molecule has 222 valence electrons. The Morgan fingerprint density at radius 2 is 2.10 bits per heavy atom. The van der Waals surface area contributed by atoms with Crippen LogP contribution in [0.1, 0.15) is 66.9 Å². The number of ether oxygens (including phenoxy) is 4. The van der Waals surface area contributed by atoms with Crippen molar-refractivity contribution in [3.63, 3.8) is 0 Å². The van der Waals surface area contributed by atoms with Crippen LogP contribution < -0.4 is 9.64 Å². The Hall–Kier alpha value is -2.32. The molecule has 2 aliphatic heterocycles. The van der Waals surface area contributed by atoms with Gasteiger partial charge in [-0.2, -0.15) is 0 Å². The van der Waals surface area contributed by atoms with Crippen molar-refractivity contribution in [2.24, 2.45) is 11.8 Å². The Balaban J connectivity index is 1.28. The molecule has 8 heteroatoms. The molecule has 0 aromatic heterocycles. The Kier molecular flexibility index (Phi) is 8.51. The first-order valence-electron chi connectivity index (χ1n) is 15.2. The van der Waals surface area contributed by atoms with Gasteiger partial charge in [0.25, 0.3) is 0 Å². The number of fused-ring (bicyclic) bond motifs is 3. The predicted octanol–water partition coefficient (Wildman–Crippen LogP) is 5.57. The third-order valence-corrected chi connectivity index (χ3v) is 9.94. The van der Waals surface area contributed by atoms with Crippen LogP contribution in [0.3, 0.4) is 0 Å². The van der Waals surface area contributed by atoms with Crippen molar-refractivity contribution >= 4 is 23.3 Å². The highest BCUT2D eigenvalue weighted by Crippen LogP contribution is 2.47. The minimum Gasteiger partial charge on any atom is -0.490 e. The molecule has 0 bridgehead atoms. The molecule has 2 heterocycles. The van der Waals surface area contributed by atoms with Crippen LogP contribution in [-0.4, -0.2) is 69.4 Å². The summed E-state index contributed by atoms with van der Waals surface area (Å²) in [7, 11) is 1.42. The first-order valence-corrected chi connectivity index (χ1v) is 15.5. The van der Waals surface area contributed by atoms with Gasteiger partial charge in [-0.05, 0) is 98.7 Å². The fourth-order valence-corrected chi connectivity index (χ4v) is 7.67. The summed E-state index contributed by atoms with van der Waals surface area (Å²) in [6.07, 6.45) is 7.03. The number of rotatable bonds is 7. The molecule has 1 N–H and O–H groups in total. The molecule has 6 rings (SSSR count). The van der Waals surface area contributed by atoms with Crippen molar-refractivity contribution in [1.82, 2.24) is 0 Å². The van der Waals surface area contributed by atoms with E-state index in [0.717, 1.165) is 74.5 Å². The number of methoxy groups -OCH3 is 1. The molecule has 1 spiro atoms. The average Bonchev–Trinajstić information content (AvgIpc) is 3.11. The summed E-state index contributed by atoms with van der Waals surface area (Å²) in [6, 6.07) is 12.0. The molecule has 4 aliphatic rings. The van der Waals surface area contributed by atoms with Crippen molar-refractivity contribution in [2.45, 2.75) is 75.6 Å². The molecule has 2 aromatic rings. The van der Waals surface area contributed by atoms with Gasteiger partial charge in [-0.3, -0.25) is 0 Å². The van der Waals surface area contributed by atoms with Crippen molar-refractivity contribution < 1.29 is 28.8 Å². The molecule has 0 radical (unpaired) electrons. The van der Waals surface area contributed by atoms with Crippen LogP contribution in [0.5, 0.6) is 5.75 Å². The number of aliphatic hydroxyl groups excluding tert-OH is 1. The number of carbonyl (C=O) groups excluding carboxylic acids is 1. The number of esters is 1. The van der Waals surface area contributed by atoms with Crippen molar-refractivity contribution in [1.29, 1.82) is 0 Å². The summed E-state index contributed by atoms with van der Waals surface area (Å²) in [5.74, 6) is 1.39. The lowest BCUT2D eigenvalue weighted by atomic mass is 9.67. The van der Waals surface area contributed by atoms with Crippen LogP contribution in [0.25, 0.3) is 0 Å². The van der Waals surface area contributed by atoms with E-state index in [0.29, 0.717) is 37.2 Å². The summed E-state index contributed by atoms with van der Waals surface area (Å²) < 4.78 is 23.9. The third-order valence-electron chi connectivity index (χ3n) is 9.71. The molecule has 41 heavy (non-hydrogen) atoms. The first kappa shape index (κ1) is 28.8. The molecular weight excluding hydrogens is 542 g/mol. The molecule has 6 atom stereocenters. The number of hydrogen-bond acceptors (Lipinski definition) is 7. The van der Waals surface area contributed by atoms with E-state index in [9.17, 15) is 9.90 Å². The maximum absolute atomic E-state index is 12.5. The third kappa shape index (κ3) is 5.96. The van der Waals surface area contributed by atoms with Crippen LogP contribution in [0.2, 0.25) is 5.02 Å². The number of aliphatic hydroxyl groups is 1. The van der Waals surface area contributed by atoms with Gasteiger partial charge in [0.05, 0.1) is 49.9 Å². The van der Waals surface area contributed by atoms with E-state index >= 15 is 0 Å². The van der Waals surface area contributed by atoms with Gasteiger partial charge in [-0.1, -0.05) is 17.7 Å². The van der Waals surface area contributed by atoms with Gasteiger partial charge in [-0.25, -0.2) is 4.79 Å². The zero-order valence-corrected chi connectivity index (χ0v) is 24.9. The molecule has 1 saturated carbocycles. The smallest absolute Gasteiger partial charge is 0.337 e. The molecule has 2 aliphatic carbocycles. The van der Waals surface area contributed by atoms with Crippen LogP contribution in [0.15, 0.2) is 36.4 Å². The Morgan fingerprint density at radius 1 is 1.22 bits per heavy atom. The van der Waals surface area contributed by atoms with Crippen LogP contribution in [0, 0.1) is 11.8 Å². The zero-order valence-electron chi connectivity index (χ0n) is 24.1. The second-order valence-electron chi connectivity index (χ2n) is 12.5. The highest BCUT2D eigenvalue weighted by Gasteiger charge is 2.45. The molecule has 1 saturated heterocycles. The Labute approximate surface area is 248 Å². The minimum atomic E-state index is -0.457. The molecular formula is C33H42ClNO6.